The average Bonchev–Trinajstić information content (AvgIpc) is 2.68. The summed E-state index contributed by atoms with van der Waals surface area (Å²) in [6.45, 7) is 9.59. The summed E-state index contributed by atoms with van der Waals surface area (Å²) >= 11 is 0. The minimum atomic E-state index is -0.168. The number of nitrogens with one attached hydrogen (secondary N) is 1. The van der Waals surface area contributed by atoms with Crippen LogP contribution in [0.25, 0.3) is 6.08 Å². The van der Waals surface area contributed by atoms with Crippen LogP contribution in [0.4, 0.5) is 5.69 Å². The lowest BCUT2D eigenvalue weighted by molar-refractivity contribution is -0.111. The topological polar surface area (TPSA) is 47.6 Å². The highest BCUT2D eigenvalue weighted by molar-refractivity contribution is 6.01. The van der Waals surface area contributed by atoms with E-state index < -0.39 is 0 Å². The van der Waals surface area contributed by atoms with E-state index in [1.54, 1.807) is 6.08 Å². The molecule has 0 unspecified atom stereocenters. The summed E-state index contributed by atoms with van der Waals surface area (Å²) in [4.78, 5) is 12.2. The number of carbonyl (C=O) groups is 1. The number of rotatable bonds is 10. The summed E-state index contributed by atoms with van der Waals surface area (Å²) in [5.41, 5.74) is 2.92. The largest absolute Gasteiger partial charge is 0.490 e. The Balaban J connectivity index is 2.01. The van der Waals surface area contributed by atoms with Gasteiger partial charge in [-0.15, -0.1) is 0 Å². The van der Waals surface area contributed by atoms with Crippen LogP contribution in [0.3, 0.4) is 0 Å². The summed E-state index contributed by atoms with van der Waals surface area (Å²) in [5, 5.41) is 2.88. The molecule has 0 radical (unpaired) electrons. The van der Waals surface area contributed by atoms with Crippen molar-refractivity contribution in [1.82, 2.24) is 0 Å². The molecule has 0 bridgehead atoms. The second-order valence-electron chi connectivity index (χ2n) is 6.94. The molecule has 4 nitrogen and oxygen atoms in total. The first-order valence-corrected chi connectivity index (χ1v) is 10.0. The van der Waals surface area contributed by atoms with E-state index in [1.165, 1.54) is 11.6 Å². The summed E-state index contributed by atoms with van der Waals surface area (Å²) in [6, 6.07) is 13.6. The van der Waals surface area contributed by atoms with Crippen molar-refractivity contribution in [2.45, 2.75) is 46.5 Å². The van der Waals surface area contributed by atoms with Crippen molar-refractivity contribution >= 4 is 17.7 Å². The number of amides is 1. The molecule has 0 aliphatic rings. The lowest BCUT2D eigenvalue weighted by atomic mass is 10.0. The number of ether oxygens (including phenoxy) is 2. The van der Waals surface area contributed by atoms with Crippen molar-refractivity contribution in [3.8, 4) is 11.5 Å². The van der Waals surface area contributed by atoms with Crippen LogP contribution in [0.2, 0.25) is 0 Å². The van der Waals surface area contributed by atoms with Crippen molar-refractivity contribution in [1.29, 1.82) is 0 Å². The average molecular weight is 382 g/mol. The van der Waals surface area contributed by atoms with Crippen molar-refractivity contribution in [2.24, 2.45) is 0 Å². The number of carbonyl (C=O) groups excluding carboxylic acids is 1. The summed E-state index contributed by atoms with van der Waals surface area (Å²) in [7, 11) is 0. The van der Waals surface area contributed by atoms with Crippen LogP contribution >= 0.6 is 0 Å². The van der Waals surface area contributed by atoms with Crippen LogP contribution in [0.1, 0.15) is 57.6 Å². The van der Waals surface area contributed by atoms with Crippen molar-refractivity contribution in [2.75, 3.05) is 18.5 Å². The van der Waals surface area contributed by atoms with Crippen molar-refractivity contribution in [3.63, 3.8) is 0 Å². The van der Waals surface area contributed by atoms with Crippen LogP contribution in [-0.2, 0) is 4.79 Å². The number of hydrogen-bond acceptors (Lipinski definition) is 3. The molecule has 2 aromatic carbocycles. The second kappa shape index (κ2) is 11.2. The fourth-order valence-electron chi connectivity index (χ4n) is 2.65. The molecule has 0 aromatic heterocycles. The minimum Gasteiger partial charge on any atom is -0.490 e. The quantitative estimate of drug-likeness (QED) is 0.403. The molecule has 150 valence electrons. The van der Waals surface area contributed by atoms with E-state index in [-0.39, 0.29) is 5.91 Å². The number of anilines is 1. The van der Waals surface area contributed by atoms with Gasteiger partial charge in [0.25, 0.3) is 0 Å². The molecule has 2 rings (SSSR count). The third-order valence-electron chi connectivity index (χ3n) is 4.30. The van der Waals surface area contributed by atoms with E-state index in [0.717, 1.165) is 29.8 Å². The molecule has 1 amide bonds. The lowest BCUT2D eigenvalue weighted by Gasteiger charge is -2.12. The first-order chi connectivity index (χ1) is 13.5. The standard InChI is InChI=1S/C24H31NO3/c1-5-7-16-28-22-14-8-19(17-23(22)27-6-2)9-15-24(26)25-21-12-10-20(11-13-21)18(3)4/h8-15,17-18H,5-7,16H2,1-4H3,(H,25,26)/b15-9+. The van der Waals surface area contributed by atoms with Gasteiger partial charge in [0.15, 0.2) is 11.5 Å². The van der Waals surface area contributed by atoms with E-state index in [4.69, 9.17) is 9.47 Å². The Labute approximate surface area is 168 Å². The predicted octanol–water partition coefficient (Wildman–Crippen LogP) is 6.04. The highest BCUT2D eigenvalue weighted by atomic mass is 16.5. The Morgan fingerprint density at radius 2 is 1.79 bits per heavy atom. The first-order valence-electron chi connectivity index (χ1n) is 10.0. The zero-order valence-corrected chi connectivity index (χ0v) is 17.3. The summed E-state index contributed by atoms with van der Waals surface area (Å²) < 4.78 is 11.5. The highest BCUT2D eigenvalue weighted by Crippen LogP contribution is 2.29. The van der Waals surface area contributed by atoms with E-state index in [2.05, 4.69) is 26.1 Å². The van der Waals surface area contributed by atoms with Crippen LogP contribution < -0.4 is 14.8 Å². The third-order valence-corrected chi connectivity index (χ3v) is 4.30. The normalized spacial score (nSPS) is 11.0. The van der Waals surface area contributed by atoms with Crippen molar-refractivity contribution < 1.29 is 14.3 Å². The highest BCUT2D eigenvalue weighted by Gasteiger charge is 2.06. The van der Waals surface area contributed by atoms with Gasteiger partial charge < -0.3 is 14.8 Å². The van der Waals surface area contributed by atoms with Gasteiger partial charge in [0, 0.05) is 11.8 Å². The maximum atomic E-state index is 12.2. The number of hydrogen-bond donors (Lipinski definition) is 1. The SMILES string of the molecule is CCCCOc1ccc(/C=C/C(=O)Nc2ccc(C(C)C)cc2)cc1OCC. The molecular weight excluding hydrogens is 350 g/mol. The van der Waals surface area contributed by atoms with Crippen LogP contribution in [0.15, 0.2) is 48.5 Å². The molecule has 0 saturated carbocycles. The molecule has 1 N–H and O–H groups in total. The molecule has 0 heterocycles. The van der Waals surface area contributed by atoms with E-state index >= 15 is 0 Å². The Kier molecular flexibility index (Phi) is 8.60. The number of benzene rings is 2. The second-order valence-corrected chi connectivity index (χ2v) is 6.94. The number of unbranched alkanes of at least 4 members (excludes halogenated alkanes) is 1. The van der Waals surface area contributed by atoms with Crippen LogP contribution in [0.5, 0.6) is 11.5 Å². The zero-order valence-electron chi connectivity index (χ0n) is 17.3. The zero-order chi connectivity index (χ0) is 20.4. The fourth-order valence-corrected chi connectivity index (χ4v) is 2.65. The van der Waals surface area contributed by atoms with Gasteiger partial charge in [-0.05, 0) is 60.7 Å². The maximum absolute atomic E-state index is 12.2. The van der Waals surface area contributed by atoms with Crippen LogP contribution in [0, 0.1) is 0 Å². The molecule has 4 heteroatoms. The summed E-state index contributed by atoms with van der Waals surface area (Å²) in [5.74, 6) is 1.74. The minimum absolute atomic E-state index is 0.168. The van der Waals surface area contributed by atoms with E-state index in [1.807, 2.05) is 49.4 Å². The lowest BCUT2D eigenvalue weighted by Crippen LogP contribution is -2.07. The van der Waals surface area contributed by atoms with Crippen molar-refractivity contribution in [3.05, 3.63) is 59.7 Å². The molecular formula is C24H31NO3. The van der Waals surface area contributed by atoms with Gasteiger partial charge in [0.1, 0.15) is 0 Å². The third kappa shape index (κ3) is 6.76. The smallest absolute Gasteiger partial charge is 0.248 e. The van der Waals surface area contributed by atoms with Gasteiger partial charge >= 0.3 is 0 Å². The molecule has 0 aliphatic heterocycles. The molecule has 2 aromatic rings. The van der Waals surface area contributed by atoms with Crippen LogP contribution in [-0.4, -0.2) is 19.1 Å². The van der Waals surface area contributed by atoms with E-state index in [0.29, 0.717) is 24.9 Å². The molecule has 0 saturated heterocycles. The van der Waals surface area contributed by atoms with E-state index in [9.17, 15) is 4.79 Å². The monoisotopic (exact) mass is 381 g/mol. The Hall–Kier alpha value is -2.75. The first kappa shape index (κ1) is 21.5. The molecule has 0 aliphatic carbocycles. The Morgan fingerprint density at radius 1 is 1.04 bits per heavy atom. The van der Waals surface area contributed by atoms with Gasteiger partial charge in [-0.3, -0.25) is 4.79 Å². The molecule has 0 fully saturated rings. The van der Waals surface area contributed by atoms with Gasteiger partial charge in [0.05, 0.1) is 13.2 Å². The molecule has 0 spiro atoms. The maximum Gasteiger partial charge on any atom is 0.248 e. The molecule has 28 heavy (non-hydrogen) atoms. The fraction of sp³-hybridized carbons (Fsp3) is 0.375. The Bertz CT molecular complexity index is 779. The predicted molar refractivity (Wildman–Crippen MR) is 116 cm³/mol. The Morgan fingerprint density at radius 3 is 2.43 bits per heavy atom. The van der Waals surface area contributed by atoms with Gasteiger partial charge in [0.2, 0.25) is 5.91 Å². The van der Waals surface area contributed by atoms with Gasteiger partial charge in [-0.25, -0.2) is 0 Å². The van der Waals surface area contributed by atoms with Gasteiger partial charge in [-0.1, -0.05) is 45.4 Å². The molecule has 0 atom stereocenters. The summed E-state index contributed by atoms with van der Waals surface area (Å²) in [6.07, 6.45) is 5.39. The van der Waals surface area contributed by atoms with Gasteiger partial charge in [-0.2, -0.15) is 0 Å².